The molecule has 0 radical (unpaired) electrons. The Morgan fingerprint density at radius 3 is 2.13 bits per heavy atom. The lowest BCUT2D eigenvalue weighted by Gasteiger charge is -2.19. The zero-order chi connectivity index (χ0) is 27.8. The number of ketones is 1. The highest BCUT2D eigenvalue weighted by Gasteiger charge is 2.23. The van der Waals surface area contributed by atoms with Crippen LogP contribution < -0.4 is 10.0 Å². The van der Waals surface area contributed by atoms with E-state index in [9.17, 15) is 22.4 Å². The van der Waals surface area contributed by atoms with Crippen LogP contribution in [0.2, 0.25) is 0 Å². The zero-order valence-corrected chi connectivity index (χ0v) is 22.6. The van der Waals surface area contributed by atoms with E-state index in [1.54, 1.807) is 12.1 Å². The van der Waals surface area contributed by atoms with Crippen LogP contribution in [0.3, 0.4) is 0 Å². The molecule has 38 heavy (non-hydrogen) atoms. The maximum absolute atomic E-state index is 13.3. The number of amides is 1. The van der Waals surface area contributed by atoms with Crippen LogP contribution in [0.25, 0.3) is 0 Å². The largest absolute Gasteiger partial charge is 0.375 e. The molecule has 0 bridgehead atoms. The molecule has 0 spiro atoms. The van der Waals surface area contributed by atoms with Crippen molar-refractivity contribution in [3.63, 3.8) is 0 Å². The van der Waals surface area contributed by atoms with E-state index in [0.717, 1.165) is 5.56 Å². The number of sulfonamides is 1. The minimum Gasteiger partial charge on any atom is -0.375 e. The molecule has 2 N–H and O–H groups in total. The second-order valence-electron chi connectivity index (χ2n) is 9.87. The van der Waals surface area contributed by atoms with E-state index in [1.807, 2.05) is 51.1 Å². The van der Waals surface area contributed by atoms with Gasteiger partial charge in [-0.1, -0.05) is 42.5 Å². The van der Waals surface area contributed by atoms with Gasteiger partial charge in [0.05, 0.1) is 23.1 Å². The lowest BCUT2D eigenvalue weighted by molar-refractivity contribution is -0.120. The summed E-state index contributed by atoms with van der Waals surface area (Å²) < 4.78 is 46.5. The Hall–Kier alpha value is -3.40. The quantitative estimate of drug-likeness (QED) is 0.337. The molecule has 0 aliphatic heterocycles. The molecule has 0 aliphatic carbocycles. The van der Waals surface area contributed by atoms with Crippen molar-refractivity contribution in [3.8, 4) is 0 Å². The van der Waals surface area contributed by atoms with Crippen molar-refractivity contribution in [1.29, 1.82) is 0 Å². The van der Waals surface area contributed by atoms with Gasteiger partial charge < -0.3 is 10.1 Å². The molecule has 0 heterocycles. The van der Waals surface area contributed by atoms with Crippen LogP contribution in [0.1, 0.15) is 42.3 Å². The van der Waals surface area contributed by atoms with Gasteiger partial charge in [-0.05, 0) is 74.7 Å². The minimum absolute atomic E-state index is 0.00558. The van der Waals surface area contributed by atoms with Gasteiger partial charge in [0.15, 0.2) is 5.78 Å². The van der Waals surface area contributed by atoms with E-state index in [2.05, 4.69) is 10.0 Å². The number of halogens is 1. The van der Waals surface area contributed by atoms with Gasteiger partial charge >= 0.3 is 0 Å². The van der Waals surface area contributed by atoms with Crippen molar-refractivity contribution < 1.29 is 27.1 Å². The number of hydrogen-bond donors (Lipinski definition) is 2. The van der Waals surface area contributed by atoms with Crippen LogP contribution >= 0.6 is 0 Å². The summed E-state index contributed by atoms with van der Waals surface area (Å²) in [5, 5.41) is 2.77. The minimum atomic E-state index is -3.73. The SMILES string of the molecule is CC(C)(C)OCCNS(=O)(=O)c1ccc(CC(=O)[C@H](Cc2ccccc2)NC(=O)c2ccc(F)cc2)cc1. The maximum atomic E-state index is 13.3. The van der Waals surface area contributed by atoms with Crippen molar-refractivity contribution in [2.45, 2.75) is 50.2 Å². The molecule has 7 nitrogen and oxygen atoms in total. The second kappa shape index (κ2) is 12.9. The topological polar surface area (TPSA) is 102 Å². The highest BCUT2D eigenvalue weighted by molar-refractivity contribution is 7.89. The van der Waals surface area contributed by atoms with Gasteiger partial charge in [0, 0.05) is 18.5 Å². The standard InChI is InChI=1S/C29H33FN2O5S/c1-29(2,3)37-18-17-31-38(35,36)25-15-9-22(10-16-25)20-27(33)26(19-21-7-5-4-6-8-21)32-28(34)23-11-13-24(30)14-12-23/h4-16,26,31H,17-20H2,1-3H3,(H,32,34)/t26-/m0/s1. The molecule has 0 fully saturated rings. The second-order valence-corrected chi connectivity index (χ2v) is 11.6. The molecule has 0 aromatic heterocycles. The number of carbonyl (C=O) groups excluding carboxylic acids is 2. The molecule has 0 unspecified atom stereocenters. The number of carbonyl (C=O) groups is 2. The van der Waals surface area contributed by atoms with E-state index < -0.39 is 27.8 Å². The number of rotatable bonds is 12. The molecule has 3 aromatic carbocycles. The van der Waals surface area contributed by atoms with Crippen LogP contribution in [0.4, 0.5) is 4.39 Å². The van der Waals surface area contributed by atoms with Crippen LogP contribution in [0.5, 0.6) is 0 Å². The number of ether oxygens (including phenoxy) is 1. The summed E-state index contributed by atoms with van der Waals surface area (Å²) in [7, 11) is -3.73. The summed E-state index contributed by atoms with van der Waals surface area (Å²) in [4.78, 5) is 26.1. The predicted molar refractivity (Wildman–Crippen MR) is 144 cm³/mol. The van der Waals surface area contributed by atoms with Crippen LogP contribution in [-0.4, -0.2) is 44.9 Å². The van der Waals surface area contributed by atoms with Crippen LogP contribution in [0, 0.1) is 5.82 Å². The number of Topliss-reactive ketones (excluding diaryl/α,β-unsaturated/α-hetero) is 1. The van der Waals surface area contributed by atoms with Gasteiger partial charge in [-0.15, -0.1) is 0 Å². The van der Waals surface area contributed by atoms with Gasteiger partial charge in [0.25, 0.3) is 5.91 Å². The fourth-order valence-corrected chi connectivity index (χ4v) is 4.68. The summed E-state index contributed by atoms with van der Waals surface area (Å²) in [6.07, 6.45) is 0.272. The molecule has 3 rings (SSSR count). The Bertz CT molecular complexity index is 1320. The predicted octanol–water partition coefficient (Wildman–Crippen LogP) is 4.07. The monoisotopic (exact) mass is 540 g/mol. The number of benzene rings is 3. The molecule has 1 atom stereocenters. The van der Waals surface area contributed by atoms with Gasteiger partial charge in [-0.2, -0.15) is 0 Å². The third-order valence-corrected chi connectivity index (χ3v) is 7.10. The average molecular weight is 541 g/mol. The molecule has 3 aromatic rings. The van der Waals surface area contributed by atoms with E-state index in [-0.39, 0.29) is 47.8 Å². The van der Waals surface area contributed by atoms with Gasteiger partial charge in [0.2, 0.25) is 10.0 Å². The average Bonchev–Trinajstić information content (AvgIpc) is 2.87. The zero-order valence-electron chi connectivity index (χ0n) is 21.7. The number of nitrogens with one attached hydrogen (secondary N) is 2. The Kier molecular flexibility index (Phi) is 9.90. The Morgan fingerprint density at radius 2 is 1.53 bits per heavy atom. The third-order valence-electron chi connectivity index (χ3n) is 5.62. The van der Waals surface area contributed by atoms with E-state index >= 15 is 0 Å². The first kappa shape index (κ1) is 29.2. The smallest absolute Gasteiger partial charge is 0.251 e. The molecular formula is C29H33FN2O5S. The van der Waals surface area contributed by atoms with E-state index in [0.29, 0.717) is 5.56 Å². The molecular weight excluding hydrogens is 507 g/mol. The molecule has 0 aliphatic rings. The van der Waals surface area contributed by atoms with Gasteiger partial charge in [-0.25, -0.2) is 17.5 Å². The molecule has 0 saturated heterocycles. The summed E-state index contributed by atoms with van der Waals surface area (Å²) in [6, 6.07) is 19.6. The fraction of sp³-hybridized carbons (Fsp3) is 0.310. The van der Waals surface area contributed by atoms with Crippen molar-refractivity contribution >= 4 is 21.7 Å². The number of hydrogen-bond acceptors (Lipinski definition) is 5. The van der Waals surface area contributed by atoms with Crippen LogP contribution in [0.15, 0.2) is 83.8 Å². The van der Waals surface area contributed by atoms with Crippen LogP contribution in [-0.2, 0) is 32.4 Å². The first-order chi connectivity index (χ1) is 17.9. The van der Waals surface area contributed by atoms with Crippen molar-refractivity contribution in [1.82, 2.24) is 10.0 Å². The Morgan fingerprint density at radius 1 is 0.895 bits per heavy atom. The third kappa shape index (κ3) is 9.16. The van der Waals surface area contributed by atoms with Crippen molar-refractivity contribution in [2.24, 2.45) is 0 Å². The lowest BCUT2D eigenvalue weighted by atomic mass is 9.97. The highest BCUT2D eigenvalue weighted by Crippen LogP contribution is 2.14. The summed E-state index contributed by atoms with van der Waals surface area (Å²) in [5.74, 6) is -1.18. The lowest BCUT2D eigenvalue weighted by Crippen LogP contribution is -2.43. The maximum Gasteiger partial charge on any atom is 0.251 e. The van der Waals surface area contributed by atoms with E-state index in [1.165, 1.54) is 36.4 Å². The Balaban J connectivity index is 1.68. The van der Waals surface area contributed by atoms with Crippen molar-refractivity contribution in [2.75, 3.05) is 13.2 Å². The highest BCUT2D eigenvalue weighted by atomic mass is 32.2. The normalized spacial score (nSPS) is 12.6. The molecule has 1 amide bonds. The van der Waals surface area contributed by atoms with Gasteiger partial charge in [0.1, 0.15) is 5.82 Å². The molecule has 0 saturated carbocycles. The fourth-order valence-electron chi connectivity index (χ4n) is 3.67. The first-order valence-electron chi connectivity index (χ1n) is 12.3. The Labute approximate surface area is 223 Å². The molecule has 202 valence electrons. The summed E-state index contributed by atoms with van der Waals surface area (Å²) in [6.45, 7) is 6.04. The summed E-state index contributed by atoms with van der Waals surface area (Å²) in [5.41, 5.74) is 1.36. The van der Waals surface area contributed by atoms with Crippen molar-refractivity contribution in [3.05, 3.63) is 101 Å². The summed E-state index contributed by atoms with van der Waals surface area (Å²) >= 11 is 0. The first-order valence-corrected chi connectivity index (χ1v) is 13.8. The molecule has 9 heteroatoms. The van der Waals surface area contributed by atoms with E-state index in [4.69, 9.17) is 4.74 Å². The van der Waals surface area contributed by atoms with Gasteiger partial charge in [-0.3, -0.25) is 9.59 Å².